The molecule has 0 aliphatic carbocycles. The molecule has 0 bridgehead atoms. The molecule has 3 aromatic carbocycles. The van der Waals surface area contributed by atoms with Crippen molar-refractivity contribution < 1.29 is 5.11 Å². The third kappa shape index (κ3) is 3.50. The second kappa shape index (κ2) is 7.90. The molecule has 2 heteroatoms. The fraction of sp³-hybridized carbons (Fsp3) is 0.308. The largest absolute Gasteiger partial charge is 0.389 e. The number of aliphatic hydroxyl groups is 1. The summed E-state index contributed by atoms with van der Waals surface area (Å²) in [6.07, 6.45) is 0.657. The summed E-state index contributed by atoms with van der Waals surface area (Å²) in [7, 11) is 0. The van der Waals surface area contributed by atoms with Gasteiger partial charge in [0.1, 0.15) is 0 Å². The second-order valence-corrected chi connectivity index (χ2v) is 8.17. The fourth-order valence-electron chi connectivity index (χ4n) is 4.81. The SMILES string of the molecule is C[C@@H]1[C@H](c2ccccc2)N[C@H](c2ccccc2)[C@H](C)C1(O)Cc1ccccc1. The maximum Gasteiger partial charge on any atom is 0.0774 e. The molecule has 144 valence electrons. The summed E-state index contributed by atoms with van der Waals surface area (Å²) in [6, 6.07) is 31.6. The molecular weight excluding hydrogens is 342 g/mol. The van der Waals surface area contributed by atoms with Crippen LogP contribution in [0.4, 0.5) is 0 Å². The Kier molecular flexibility index (Phi) is 5.34. The maximum atomic E-state index is 12.1. The van der Waals surface area contributed by atoms with Crippen LogP contribution < -0.4 is 5.32 Å². The summed E-state index contributed by atoms with van der Waals surface area (Å²) in [4.78, 5) is 0. The van der Waals surface area contributed by atoms with Gasteiger partial charge in [-0.15, -0.1) is 0 Å². The minimum atomic E-state index is -0.812. The van der Waals surface area contributed by atoms with Gasteiger partial charge in [-0.1, -0.05) is 105 Å². The highest BCUT2D eigenvalue weighted by Crippen LogP contribution is 2.48. The predicted molar refractivity (Wildman–Crippen MR) is 115 cm³/mol. The Morgan fingerprint density at radius 2 is 1.07 bits per heavy atom. The average Bonchev–Trinajstić information content (AvgIpc) is 2.75. The van der Waals surface area contributed by atoms with Crippen molar-refractivity contribution in [2.24, 2.45) is 11.8 Å². The van der Waals surface area contributed by atoms with E-state index in [1.165, 1.54) is 16.7 Å². The third-order valence-electron chi connectivity index (χ3n) is 6.58. The highest BCUT2D eigenvalue weighted by Gasteiger charge is 2.51. The first kappa shape index (κ1) is 18.9. The van der Waals surface area contributed by atoms with Gasteiger partial charge in [-0.2, -0.15) is 0 Å². The molecule has 4 rings (SSSR count). The zero-order valence-corrected chi connectivity index (χ0v) is 16.6. The van der Waals surface area contributed by atoms with Crippen LogP contribution >= 0.6 is 0 Å². The van der Waals surface area contributed by atoms with E-state index in [0.29, 0.717) is 6.42 Å². The van der Waals surface area contributed by atoms with Crippen LogP contribution in [0, 0.1) is 11.8 Å². The molecule has 2 nitrogen and oxygen atoms in total. The Morgan fingerprint density at radius 3 is 1.50 bits per heavy atom. The van der Waals surface area contributed by atoms with Crippen LogP contribution in [0.1, 0.15) is 42.6 Å². The zero-order chi connectivity index (χ0) is 19.6. The van der Waals surface area contributed by atoms with E-state index >= 15 is 0 Å². The summed E-state index contributed by atoms with van der Waals surface area (Å²) >= 11 is 0. The summed E-state index contributed by atoms with van der Waals surface area (Å²) < 4.78 is 0. The number of nitrogens with one attached hydrogen (secondary N) is 1. The lowest BCUT2D eigenvalue weighted by Crippen LogP contribution is -2.58. The Hall–Kier alpha value is -2.42. The zero-order valence-electron chi connectivity index (χ0n) is 16.6. The summed E-state index contributed by atoms with van der Waals surface area (Å²) in [5, 5.41) is 16.0. The smallest absolute Gasteiger partial charge is 0.0774 e. The molecule has 1 saturated heterocycles. The predicted octanol–water partition coefficient (Wildman–Crippen LogP) is 5.32. The molecule has 0 saturated carbocycles. The van der Waals surface area contributed by atoms with Crippen LogP contribution in [-0.2, 0) is 6.42 Å². The molecule has 28 heavy (non-hydrogen) atoms. The van der Waals surface area contributed by atoms with Gasteiger partial charge in [-0.05, 0) is 16.7 Å². The van der Waals surface area contributed by atoms with E-state index in [9.17, 15) is 5.11 Å². The number of rotatable bonds is 4. The molecule has 0 spiro atoms. The molecule has 1 unspecified atom stereocenters. The van der Waals surface area contributed by atoms with E-state index in [1.807, 2.05) is 18.2 Å². The Balaban J connectivity index is 1.76. The van der Waals surface area contributed by atoms with Crippen molar-refractivity contribution in [2.75, 3.05) is 0 Å². The summed E-state index contributed by atoms with van der Waals surface area (Å²) in [5.41, 5.74) is 2.83. The normalized spacial score (nSPS) is 30.1. The fourth-order valence-corrected chi connectivity index (χ4v) is 4.81. The van der Waals surface area contributed by atoms with Crippen LogP contribution in [0.3, 0.4) is 0 Å². The number of hydrogen-bond donors (Lipinski definition) is 2. The van der Waals surface area contributed by atoms with E-state index in [0.717, 1.165) is 0 Å². The standard InChI is InChI=1S/C26H29NO/c1-19-24(22-14-8-4-9-15-22)27-25(23-16-10-5-11-17-23)20(2)26(19,28)18-21-12-6-3-7-13-21/h3-17,19-20,24-25,27-28H,18H2,1-2H3/t19-,20+,24-,25+,26?. The molecule has 0 amide bonds. The van der Waals surface area contributed by atoms with Crippen LogP contribution in [0.5, 0.6) is 0 Å². The highest BCUT2D eigenvalue weighted by molar-refractivity contribution is 5.29. The Bertz CT molecular complexity index is 827. The first-order chi connectivity index (χ1) is 13.6. The van der Waals surface area contributed by atoms with Gasteiger partial charge >= 0.3 is 0 Å². The monoisotopic (exact) mass is 371 g/mol. The lowest BCUT2D eigenvalue weighted by molar-refractivity contribution is -0.110. The highest BCUT2D eigenvalue weighted by atomic mass is 16.3. The average molecular weight is 372 g/mol. The number of benzene rings is 3. The molecule has 0 aromatic heterocycles. The van der Waals surface area contributed by atoms with Crippen molar-refractivity contribution in [3.63, 3.8) is 0 Å². The van der Waals surface area contributed by atoms with Crippen molar-refractivity contribution in [3.05, 3.63) is 108 Å². The molecule has 5 atom stereocenters. The topological polar surface area (TPSA) is 32.3 Å². The van der Waals surface area contributed by atoms with E-state index in [-0.39, 0.29) is 23.9 Å². The maximum absolute atomic E-state index is 12.1. The van der Waals surface area contributed by atoms with Crippen LogP contribution in [0.2, 0.25) is 0 Å². The minimum absolute atomic E-state index is 0.0741. The molecule has 1 fully saturated rings. The molecular formula is C26H29NO. The van der Waals surface area contributed by atoms with E-state index in [4.69, 9.17) is 0 Å². The van der Waals surface area contributed by atoms with Crippen molar-refractivity contribution in [1.82, 2.24) is 5.32 Å². The number of piperidine rings is 1. The van der Waals surface area contributed by atoms with Crippen LogP contribution in [0.25, 0.3) is 0 Å². The minimum Gasteiger partial charge on any atom is -0.389 e. The number of hydrogen-bond acceptors (Lipinski definition) is 2. The van der Waals surface area contributed by atoms with Crippen LogP contribution in [-0.4, -0.2) is 10.7 Å². The molecule has 2 N–H and O–H groups in total. The van der Waals surface area contributed by atoms with Crippen molar-refractivity contribution in [2.45, 2.75) is 38.0 Å². The van der Waals surface area contributed by atoms with Crippen molar-refractivity contribution in [1.29, 1.82) is 0 Å². The van der Waals surface area contributed by atoms with E-state index in [1.54, 1.807) is 0 Å². The second-order valence-electron chi connectivity index (χ2n) is 8.17. The van der Waals surface area contributed by atoms with Gasteiger partial charge in [0.2, 0.25) is 0 Å². The van der Waals surface area contributed by atoms with Gasteiger partial charge in [-0.25, -0.2) is 0 Å². The molecule has 1 heterocycles. The third-order valence-corrected chi connectivity index (χ3v) is 6.58. The quantitative estimate of drug-likeness (QED) is 0.651. The van der Waals surface area contributed by atoms with Gasteiger partial charge in [0.05, 0.1) is 5.60 Å². The van der Waals surface area contributed by atoms with Crippen LogP contribution in [0.15, 0.2) is 91.0 Å². The first-order valence-electron chi connectivity index (χ1n) is 10.2. The first-order valence-corrected chi connectivity index (χ1v) is 10.2. The lowest BCUT2D eigenvalue weighted by atomic mass is 9.64. The Labute approximate surface area is 168 Å². The molecule has 0 radical (unpaired) electrons. The molecule has 1 aliphatic heterocycles. The molecule has 1 aliphatic rings. The van der Waals surface area contributed by atoms with Gasteiger partial charge < -0.3 is 10.4 Å². The van der Waals surface area contributed by atoms with Gasteiger partial charge in [-0.3, -0.25) is 0 Å². The lowest BCUT2D eigenvalue weighted by Gasteiger charge is -2.52. The van der Waals surface area contributed by atoms with Gasteiger partial charge in [0.25, 0.3) is 0 Å². The van der Waals surface area contributed by atoms with Gasteiger partial charge in [0, 0.05) is 30.3 Å². The Morgan fingerprint density at radius 1 is 0.679 bits per heavy atom. The summed E-state index contributed by atoms with van der Waals surface area (Å²) in [5.74, 6) is 0.148. The van der Waals surface area contributed by atoms with E-state index < -0.39 is 5.60 Å². The van der Waals surface area contributed by atoms with E-state index in [2.05, 4.69) is 92.0 Å². The van der Waals surface area contributed by atoms with Gasteiger partial charge in [0.15, 0.2) is 0 Å². The van der Waals surface area contributed by atoms with Crippen molar-refractivity contribution in [3.8, 4) is 0 Å². The summed E-state index contributed by atoms with van der Waals surface area (Å²) in [6.45, 7) is 4.37. The molecule has 3 aromatic rings. The van der Waals surface area contributed by atoms with Crippen molar-refractivity contribution >= 4 is 0 Å².